The van der Waals surface area contributed by atoms with Gasteiger partial charge in [-0.05, 0) is 60.6 Å². The van der Waals surface area contributed by atoms with Crippen LogP contribution in [0.15, 0.2) is 60.7 Å². The fraction of sp³-hybridized carbons (Fsp3) is 0.310. The molecule has 1 aliphatic carbocycles. The van der Waals surface area contributed by atoms with Crippen LogP contribution >= 0.6 is 0 Å². The molecule has 4 aromatic rings. The lowest BCUT2D eigenvalue weighted by molar-refractivity contribution is -0.128. The Balaban J connectivity index is 1.14. The molecule has 177 valence electrons. The molecule has 6 rings (SSSR count). The predicted octanol–water partition coefficient (Wildman–Crippen LogP) is 4.78. The maximum Gasteiger partial charge on any atom is 0.249 e. The van der Waals surface area contributed by atoms with E-state index in [2.05, 4.69) is 22.8 Å². The number of piperidine rings is 1. The van der Waals surface area contributed by atoms with Crippen molar-refractivity contribution < 1.29 is 9.59 Å². The molecule has 6 nitrogen and oxygen atoms in total. The molecule has 0 unspecified atom stereocenters. The third-order valence-corrected chi connectivity index (χ3v) is 7.47. The molecular formula is C29H29N4O2. The molecule has 1 aliphatic heterocycles. The summed E-state index contributed by atoms with van der Waals surface area (Å²) in [6, 6.07) is 20.3. The zero-order chi connectivity index (χ0) is 23.9. The summed E-state index contributed by atoms with van der Waals surface area (Å²) in [4.78, 5) is 32.1. The second kappa shape index (κ2) is 8.84. The predicted molar refractivity (Wildman–Crippen MR) is 137 cm³/mol. The molecular weight excluding hydrogens is 436 g/mol. The summed E-state index contributed by atoms with van der Waals surface area (Å²) in [6.45, 7) is 1.44. The SMILES string of the molecule is NC(=O)c1c(C[CH]C(=O)N2CCC(n3c(C4CC4)nc4ccccc43)CC2)ccc2ccccc12. The third kappa shape index (κ3) is 4.07. The van der Waals surface area contributed by atoms with E-state index in [0.29, 0.717) is 23.9 Å². The zero-order valence-electron chi connectivity index (χ0n) is 19.7. The van der Waals surface area contributed by atoms with Gasteiger partial charge < -0.3 is 15.2 Å². The van der Waals surface area contributed by atoms with Gasteiger partial charge in [0.1, 0.15) is 5.82 Å². The second-order valence-electron chi connectivity index (χ2n) is 9.75. The van der Waals surface area contributed by atoms with Gasteiger partial charge in [-0.25, -0.2) is 4.98 Å². The molecule has 6 heteroatoms. The van der Waals surface area contributed by atoms with Gasteiger partial charge in [-0.15, -0.1) is 0 Å². The Morgan fingerprint density at radius 2 is 1.69 bits per heavy atom. The number of imidazole rings is 1. The molecule has 2 heterocycles. The van der Waals surface area contributed by atoms with Gasteiger partial charge in [0.15, 0.2) is 0 Å². The summed E-state index contributed by atoms with van der Waals surface area (Å²) < 4.78 is 2.45. The maximum atomic E-state index is 13.0. The summed E-state index contributed by atoms with van der Waals surface area (Å²) >= 11 is 0. The number of hydrogen-bond acceptors (Lipinski definition) is 3. The van der Waals surface area contributed by atoms with E-state index < -0.39 is 5.91 Å². The fourth-order valence-corrected chi connectivity index (χ4v) is 5.52. The number of fused-ring (bicyclic) bond motifs is 2. The van der Waals surface area contributed by atoms with E-state index in [-0.39, 0.29) is 5.91 Å². The number of hydrogen-bond donors (Lipinski definition) is 1. The van der Waals surface area contributed by atoms with Crippen molar-refractivity contribution in [2.45, 2.75) is 44.1 Å². The summed E-state index contributed by atoms with van der Waals surface area (Å²) in [5.41, 5.74) is 9.29. The lowest BCUT2D eigenvalue weighted by Crippen LogP contribution is -2.39. The van der Waals surface area contributed by atoms with E-state index in [9.17, 15) is 9.59 Å². The topological polar surface area (TPSA) is 81.2 Å². The molecule has 1 radical (unpaired) electrons. The van der Waals surface area contributed by atoms with Crippen LogP contribution in [0.5, 0.6) is 0 Å². The van der Waals surface area contributed by atoms with Crippen LogP contribution in [-0.2, 0) is 11.2 Å². The van der Waals surface area contributed by atoms with E-state index in [4.69, 9.17) is 10.7 Å². The van der Waals surface area contributed by atoms with E-state index in [1.54, 1.807) is 6.42 Å². The quantitative estimate of drug-likeness (QED) is 0.445. The molecule has 35 heavy (non-hydrogen) atoms. The number of likely N-dealkylation sites (tertiary alicyclic amines) is 1. The average Bonchev–Trinajstić information content (AvgIpc) is 3.66. The first kappa shape index (κ1) is 21.8. The molecule has 3 aromatic carbocycles. The number of rotatable bonds is 6. The van der Waals surface area contributed by atoms with Crippen LogP contribution in [0.25, 0.3) is 21.8 Å². The van der Waals surface area contributed by atoms with Crippen LogP contribution in [0.3, 0.4) is 0 Å². The van der Waals surface area contributed by atoms with Crippen LogP contribution in [0.4, 0.5) is 0 Å². The molecule has 2 aliphatic rings. The largest absolute Gasteiger partial charge is 0.366 e. The number of aromatic nitrogens is 2. The normalized spacial score (nSPS) is 16.7. The number of para-hydroxylation sites is 2. The van der Waals surface area contributed by atoms with Crippen molar-refractivity contribution in [2.24, 2.45) is 5.73 Å². The van der Waals surface area contributed by atoms with Crippen LogP contribution in [0, 0.1) is 6.42 Å². The van der Waals surface area contributed by atoms with Crippen molar-refractivity contribution in [3.05, 3.63) is 84.0 Å². The first-order valence-electron chi connectivity index (χ1n) is 12.5. The van der Waals surface area contributed by atoms with Crippen LogP contribution in [-0.4, -0.2) is 39.4 Å². The number of carbonyl (C=O) groups is 2. The Labute approximate surface area is 204 Å². The zero-order valence-corrected chi connectivity index (χ0v) is 19.7. The second-order valence-corrected chi connectivity index (χ2v) is 9.75. The Bertz CT molecular complexity index is 1430. The molecule has 2 fully saturated rings. The summed E-state index contributed by atoms with van der Waals surface area (Å²) in [5.74, 6) is 1.36. The Morgan fingerprint density at radius 1 is 0.943 bits per heavy atom. The minimum atomic E-state index is -0.461. The van der Waals surface area contributed by atoms with Crippen molar-refractivity contribution in [1.29, 1.82) is 0 Å². The van der Waals surface area contributed by atoms with Gasteiger partial charge in [0.05, 0.1) is 23.0 Å². The molecule has 2 N–H and O–H groups in total. The molecule has 2 amide bonds. The summed E-state index contributed by atoms with van der Waals surface area (Å²) in [6.07, 6.45) is 6.36. The van der Waals surface area contributed by atoms with Crippen molar-refractivity contribution in [3.63, 3.8) is 0 Å². The number of benzene rings is 3. The van der Waals surface area contributed by atoms with Gasteiger partial charge in [0, 0.05) is 25.0 Å². The highest BCUT2D eigenvalue weighted by molar-refractivity contribution is 6.07. The number of nitrogens with two attached hydrogens (primary N) is 1. The van der Waals surface area contributed by atoms with Crippen molar-refractivity contribution in [2.75, 3.05) is 13.1 Å². The van der Waals surface area contributed by atoms with E-state index in [1.165, 1.54) is 24.2 Å². The smallest absolute Gasteiger partial charge is 0.249 e. The lowest BCUT2D eigenvalue weighted by atomic mass is 9.95. The highest BCUT2D eigenvalue weighted by Crippen LogP contribution is 2.43. The monoisotopic (exact) mass is 465 g/mol. The molecule has 0 bridgehead atoms. The highest BCUT2D eigenvalue weighted by atomic mass is 16.2. The number of carbonyl (C=O) groups excluding carboxylic acids is 2. The minimum Gasteiger partial charge on any atom is -0.366 e. The summed E-state index contributed by atoms with van der Waals surface area (Å²) in [7, 11) is 0. The molecule has 0 atom stereocenters. The fourth-order valence-electron chi connectivity index (χ4n) is 5.52. The molecule has 1 saturated heterocycles. The van der Waals surface area contributed by atoms with Crippen molar-refractivity contribution in [3.8, 4) is 0 Å². The first-order chi connectivity index (χ1) is 17.1. The maximum absolute atomic E-state index is 13.0. The molecule has 1 saturated carbocycles. The lowest BCUT2D eigenvalue weighted by Gasteiger charge is -2.33. The number of amides is 2. The van der Waals surface area contributed by atoms with Gasteiger partial charge >= 0.3 is 0 Å². The van der Waals surface area contributed by atoms with Gasteiger partial charge in [-0.3, -0.25) is 9.59 Å². The van der Waals surface area contributed by atoms with Gasteiger partial charge in [0.25, 0.3) is 0 Å². The van der Waals surface area contributed by atoms with Crippen LogP contribution < -0.4 is 5.73 Å². The average molecular weight is 466 g/mol. The van der Waals surface area contributed by atoms with Crippen LogP contribution in [0.2, 0.25) is 0 Å². The van der Waals surface area contributed by atoms with Crippen molar-refractivity contribution in [1.82, 2.24) is 14.5 Å². The van der Waals surface area contributed by atoms with Crippen LogP contribution in [0.1, 0.15) is 59.4 Å². The van der Waals surface area contributed by atoms with E-state index in [0.717, 1.165) is 47.8 Å². The van der Waals surface area contributed by atoms with E-state index in [1.807, 2.05) is 47.4 Å². The summed E-state index contributed by atoms with van der Waals surface area (Å²) in [5, 5.41) is 1.80. The standard InChI is InChI=1S/C29H29N4O2/c30-28(35)27-20(10-9-19-5-1-2-6-23(19)27)13-14-26(34)32-17-15-22(16-18-32)33-25-8-4-3-7-24(25)31-29(33)21-11-12-21/h1-10,14,21-22H,11-13,15-18H2,(H2,30,35). The van der Waals surface area contributed by atoms with E-state index >= 15 is 0 Å². The number of nitrogens with zero attached hydrogens (tertiary/aromatic N) is 3. The van der Waals surface area contributed by atoms with Gasteiger partial charge in [-0.1, -0.05) is 48.5 Å². The highest BCUT2D eigenvalue weighted by Gasteiger charge is 2.33. The minimum absolute atomic E-state index is 0.0185. The molecule has 1 aromatic heterocycles. The first-order valence-corrected chi connectivity index (χ1v) is 12.5. The Morgan fingerprint density at radius 3 is 2.46 bits per heavy atom. The van der Waals surface area contributed by atoms with Crippen molar-refractivity contribution >= 4 is 33.6 Å². The van der Waals surface area contributed by atoms with Gasteiger partial charge in [-0.2, -0.15) is 0 Å². The third-order valence-electron chi connectivity index (χ3n) is 7.47. The Hall–Kier alpha value is -3.67. The number of primary amides is 1. The van der Waals surface area contributed by atoms with Gasteiger partial charge in [0.2, 0.25) is 11.8 Å². The Kier molecular flexibility index (Phi) is 5.51. The molecule has 0 spiro atoms.